The van der Waals surface area contributed by atoms with E-state index in [0.29, 0.717) is 0 Å². The highest BCUT2D eigenvalue weighted by Crippen LogP contribution is 2.62. The predicted octanol–water partition coefficient (Wildman–Crippen LogP) is 10.2. The molecule has 0 fully saturated rings. The van der Waals surface area contributed by atoms with Crippen molar-refractivity contribution in [1.82, 2.24) is 0 Å². The van der Waals surface area contributed by atoms with E-state index < -0.39 is 160 Å². The molecule has 306 valence electrons. The van der Waals surface area contributed by atoms with E-state index in [4.69, 9.17) is 0 Å². The van der Waals surface area contributed by atoms with E-state index in [1.807, 2.05) is 0 Å². The van der Waals surface area contributed by atoms with Crippen molar-refractivity contribution in [3.8, 4) is 48.6 Å². The van der Waals surface area contributed by atoms with Gasteiger partial charge in [-0.2, -0.15) is 42.1 Å². The number of rotatable bonds is 6. The summed E-state index contributed by atoms with van der Waals surface area (Å²) in [4.78, 5) is 0. The molecule has 0 saturated carbocycles. The van der Waals surface area contributed by atoms with Crippen LogP contribution in [0.1, 0.15) is 90.4 Å². The Balaban J connectivity index is 1.72. The van der Waals surface area contributed by atoms with E-state index in [1.54, 1.807) is 24.3 Å². The summed E-state index contributed by atoms with van der Waals surface area (Å²) in [5.41, 5.74) is -14.4. The van der Waals surface area contributed by atoms with Gasteiger partial charge in [0.25, 0.3) is 0 Å². The molecule has 0 aromatic heterocycles. The second-order valence-corrected chi connectivity index (χ2v) is 13.8. The lowest BCUT2D eigenvalue weighted by atomic mass is 9.72. The lowest BCUT2D eigenvalue weighted by Gasteiger charge is -2.27. The number of hydrogen-bond acceptors (Lipinski definition) is 8. The number of benzene rings is 5. The van der Waals surface area contributed by atoms with Gasteiger partial charge in [0.05, 0.1) is 46.2 Å². The lowest BCUT2D eigenvalue weighted by molar-refractivity contribution is 0.428. The molecule has 0 amide bonds. The minimum absolute atomic E-state index is 0.259. The van der Waals surface area contributed by atoms with Crippen LogP contribution in [-0.4, -0.2) is 0 Å². The zero-order valence-electron chi connectivity index (χ0n) is 31.3. The Morgan fingerprint density at radius 1 is 0.359 bits per heavy atom. The highest BCUT2D eigenvalue weighted by molar-refractivity contribution is 6.13. The highest BCUT2D eigenvalue weighted by Gasteiger charge is 2.51. The normalized spacial score (nSPS) is 15.6. The number of allylic oxidation sites excluding steroid dienone is 4. The van der Waals surface area contributed by atoms with E-state index in [2.05, 4.69) is 0 Å². The van der Waals surface area contributed by atoms with Crippen molar-refractivity contribution in [2.24, 2.45) is 0 Å². The zero-order chi connectivity index (χ0) is 46.6. The number of nitriles is 8. The average Bonchev–Trinajstić information content (AvgIpc) is 3.81. The molecule has 2 aliphatic rings. The largest absolute Gasteiger partial charge is 0.207 e. The Bertz CT molecular complexity index is 3110. The minimum Gasteiger partial charge on any atom is -0.207 e. The molecule has 0 heterocycles. The van der Waals surface area contributed by atoms with Crippen molar-refractivity contribution in [3.63, 3.8) is 0 Å². The summed E-state index contributed by atoms with van der Waals surface area (Å²) in [6.45, 7) is 0. The summed E-state index contributed by atoms with van der Waals surface area (Å²) in [6, 6.07) is 19.0. The van der Waals surface area contributed by atoms with Gasteiger partial charge in [-0.05, 0) is 57.7 Å². The summed E-state index contributed by atoms with van der Waals surface area (Å²) in [6.07, 6.45) is 0. The van der Waals surface area contributed by atoms with Crippen LogP contribution in [-0.2, 0) is 0 Å². The molecule has 8 nitrogen and oxygen atoms in total. The molecule has 5 aromatic carbocycles. The average molecular weight is 867 g/mol. The van der Waals surface area contributed by atoms with E-state index >= 15 is 35.1 Å². The maximum atomic E-state index is 16.0. The Hall–Kier alpha value is -9.20. The Morgan fingerprint density at radius 3 is 0.875 bits per heavy atom. The number of hydrogen-bond donors (Lipinski definition) is 0. The van der Waals surface area contributed by atoms with Gasteiger partial charge in [0, 0.05) is 34.1 Å². The van der Waals surface area contributed by atoms with Crippen LogP contribution < -0.4 is 0 Å². The van der Waals surface area contributed by atoms with Crippen LogP contribution in [0.25, 0.3) is 22.3 Å². The number of fused-ring (bicyclic) bond motifs is 2. The molecule has 0 aliphatic heterocycles. The second-order valence-electron chi connectivity index (χ2n) is 13.8. The SMILES string of the molecule is N#CC1=C(c2ccc(F)cc2)C(C(C#N)c2c(F)c(F)c(C#N)c(F)c2F)c2c(C#N)c3c(c(C#N)c21)C(C(C#N)c1c(F)c(F)c(C#N)c(F)c1F)C(c1ccc(F)cc1)=C3C#N. The molecular formula is C46H12F10N8. The van der Waals surface area contributed by atoms with Crippen LogP contribution in [0.4, 0.5) is 43.9 Å². The maximum absolute atomic E-state index is 16.0. The number of nitrogens with zero attached hydrogens (tertiary/aromatic N) is 8. The van der Waals surface area contributed by atoms with Crippen LogP contribution >= 0.6 is 0 Å². The quantitative estimate of drug-likeness (QED) is 0.119. The zero-order valence-corrected chi connectivity index (χ0v) is 31.3. The van der Waals surface area contributed by atoms with Gasteiger partial charge >= 0.3 is 0 Å². The smallest absolute Gasteiger partial charge is 0.180 e. The maximum Gasteiger partial charge on any atom is 0.180 e. The first kappa shape index (κ1) is 42.9. The molecule has 2 aliphatic carbocycles. The van der Waals surface area contributed by atoms with Crippen molar-refractivity contribution in [2.75, 3.05) is 0 Å². The van der Waals surface area contributed by atoms with Crippen molar-refractivity contribution in [1.29, 1.82) is 42.1 Å². The highest BCUT2D eigenvalue weighted by atomic mass is 19.2. The molecule has 4 atom stereocenters. The third kappa shape index (κ3) is 5.91. The van der Waals surface area contributed by atoms with Crippen molar-refractivity contribution in [2.45, 2.75) is 23.7 Å². The molecule has 5 aromatic rings. The molecule has 0 radical (unpaired) electrons. The molecule has 4 unspecified atom stereocenters. The van der Waals surface area contributed by atoms with Crippen molar-refractivity contribution < 1.29 is 43.9 Å². The van der Waals surface area contributed by atoms with Crippen molar-refractivity contribution >= 4 is 22.3 Å². The molecule has 64 heavy (non-hydrogen) atoms. The molecule has 0 bridgehead atoms. The fourth-order valence-corrected chi connectivity index (χ4v) is 8.49. The van der Waals surface area contributed by atoms with Gasteiger partial charge in [-0.1, -0.05) is 24.3 Å². The molecule has 7 rings (SSSR count). The van der Waals surface area contributed by atoms with Crippen molar-refractivity contribution in [3.05, 3.63) is 173 Å². The molecule has 0 saturated heterocycles. The van der Waals surface area contributed by atoms with Gasteiger partial charge in [-0.15, -0.1) is 0 Å². The van der Waals surface area contributed by atoms with Gasteiger partial charge in [0.15, 0.2) is 46.5 Å². The van der Waals surface area contributed by atoms with Crippen LogP contribution in [0.2, 0.25) is 0 Å². The van der Waals surface area contributed by atoms with Gasteiger partial charge in [0.1, 0.15) is 59.2 Å². The topological polar surface area (TPSA) is 190 Å². The number of halogens is 10. The van der Waals surface area contributed by atoms with E-state index in [9.17, 15) is 50.9 Å². The van der Waals surface area contributed by atoms with Gasteiger partial charge < -0.3 is 0 Å². The Morgan fingerprint density at radius 2 is 0.641 bits per heavy atom. The Labute approximate surface area is 353 Å². The van der Waals surface area contributed by atoms with E-state index in [0.717, 1.165) is 60.7 Å². The van der Waals surface area contributed by atoms with Crippen LogP contribution in [0.15, 0.2) is 48.5 Å². The first-order valence-electron chi connectivity index (χ1n) is 17.8. The lowest BCUT2D eigenvalue weighted by Crippen LogP contribution is -2.20. The first-order chi connectivity index (χ1) is 30.6. The summed E-state index contributed by atoms with van der Waals surface area (Å²) in [7, 11) is 0. The third-order valence-corrected chi connectivity index (χ3v) is 11.0. The Kier molecular flexibility index (Phi) is 10.7. The van der Waals surface area contributed by atoms with E-state index in [1.165, 1.54) is 12.1 Å². The third-order valence-electron chi connectivity index (χ3n) is 11.0. The molecule has 0 N–H and O–H groups in total. The molecule has 18 heteroatoms. The van der Waals surface area contributed by atoms with E-state index in [-0.39, 0.29) is 11.1 Å². The van der Waals surface area contributed by atoms with Gasteiger partial charge in [0.2, 0.25) is 0 Å². The van der Waals surface area contributed by atoms with Gasteiger partial charge in [-0.3, -0.25) is 0 Å². The summed E-state index contributed by atoms with van der Waals surface area (Å²) in [5, 5.41) is 83.7. The molecular weight excluding hydrogens is 855 g/mol. The monoisotopic (exact) mass is 866 g/mol. The standard InChI is InChI=1S/C46H12F10N8/c47-19-5-1-17(2-6-19)29-21(9-57)31-23(11-59)36-32(24(12-60)35(31)33(29)25(13-61)37-43(53)39(49)27(15-63)40(50)44(37)54)22(10-58)30(18-3-7-20(48)8-4-18)34(36)26(14-62)38-45(55)41(51)28(16-64)42(52)46(38)56/h1-8,25-26,33-34H. The van der Waals surface area contributed by atoms with Crippen LogP contribution in [0, 0.1) is 149 Å². The summed E-state index contributed by atoms with van der Waals surface area (Å²) < 4.78 is 154. The summed E-state index contributed by atoms with van der Waals surface area (Å²) >= 11 is 0. The fraction of sp³-hybridized carbons (Fsp3) is 0.0870. The minimum atomic E-state index is -2.57. The second kappa shape index (κ2) is 16.0. The van der Waals surface area contributed by atoms with Crippen LogP contribution in [0.5, 0.6) is 0 Å². The first-order valence-corrected chi connectivity index (χ1v) is 17.8. The predicted molar refractivity (Wildman–Crippen MR) is 198 cm³/mol. The van der Waals surface area contributed by atoms with Gasteiger partial charge in [-0.25, -0.2) is 43.9 Å². The molecule has 0 spiro atoms. The van der Waals surface area contributed by atoms with Crippen LogP contribution in [0.3, 0.4) is 0 Å². The fourth-order valence-electron chi connectivity index (χ4n) is 8.49. The summed E-state index contributed by atoms with van der Waals surface area (Å²) in [5.74, 6) is -29.4.